The fourth-order valence-corrected chi connectivity index (χ4v) is 2.25. The van der Waals surface area contributed by atoms with E-state index in [-0.39, 0.29) is 12.5 Å². The van der Waals surface area contributed by atoms with Gasteiger partial charge in [0.25, 0.3) is 0 Å². The van der Waals surface area contributed by atoms with E-state index in [0.717, 1.165) is 30.8 Å². The monoisotopic (exact) mass is 294 g/mol. The van der Waals surface area contributed by atoms with E-state index in [4.69, 9.17) is 19.3 Å². The fraction of sp³-hybridized carbons (Fsp3) is 0.562. The third kappa shape index (κ3) is 6.14. The maximum atomic E-state index is 10.6. The molecular formula is C16H22O5. The highest BCUT2D eigenvalue weighted by Gasteiger charge is 2.13. The zero-order valence-corrected chi connectivity index (χ0v) is 12.1. The minimum atomic E-state index is -0.831. The molecule has 0 radical (unpaired) electrons. The SMILES string of the molecule is O=C(O)Cc1ccc(OCCOCC2CCCCO2)cc1. The summed E-state index contributed by atoms with van der Waals surface area (Å²) in [6.07, 6.45) is 3.70. The summed E-state index contributed by atoms with van der Waals surface area (Å²) in [5, 5.41) is 8.69. The van der Waals surface area contributed by atoms with Crippen LogP contribution in [0.5, 0.6) is 5.75 Å². The third-order valence-electron chi connectivity index (χ3n) is 3.35. The van der Waals surface area contributed by atoms with Gasteiger partial charge in [0.1, 0.15) is 12.4 Å². The van der Waals surface area contributed by atoms with E-state index in [1.165, 1.54) is 6.42 Å². The molecule has 21 heavy (non-hydrogen) atoms. The van der Waals surface area contributed by atoms with Crippen molar-refractivity contribution in [3.05, 3.63) is 29.8 Å². The predicted molar refractivity (Wildman–Crippen MR) is 77.7 cm³/mol. The number of hydrogen-bond acceptors (Lipinski definition) is 4. The van der Waals surface area contributed by atoms with Crippen molar-refractivity contribution >= 4 is 5.97 Å². The van der Waals surface area contributed by atoms with Crippen LogP contribution in [0.25, 0.3) is 0 Å². The van der Waals surface area contributed by atoms with E-state index in [0.29, 0.717) is 19.8 Å². The van der Waals surface area contributed by atoms with Crippen LogP contribution < -0.4 is 4.74 Å². The standard InChI is InChI=1S/C16H22O5/c17-16(18)11-13-4-6-14(7-5-13)21-10-9-19-12-15-3-1-2-8-20-15/h4-7,15H,1-3,8-12H2,(H,17,18). The van der Waals surface area contributed by atoms with Gasteiger partial charge in [0, 0.05) is 6.61 Å². The molecule has 1 heterocycles. The molecule has 0 aliphatic carbocycles. The lowest BCUT2D eigenvalue weighted by atomic mass is 10.1. The summed E-state index contributed by atoms with van der Waals surface area (Å²) >= 11 is 0. The van der Waals surface area contributed by atoms with E-state index in [1.54, 1.807) is 24.3 Å². The highest BCUT2D eigenvalue weighted by Crippen LogP contribution is 2.14. The molecule has 116 valence electrons. The number of aliphatic carboxylic acids is 1. The summed E-state index contributed by atoms with van der Waals surface area (Å²) in [4.78, 5) is 10.6. The van der Waals surface area contributed by atoms with Crippen molar-refractivity contribution in [3.8, 4) is 5.75 Å². The molecule has 5 heteroatoms. The molecule has 1 N–H and O–H groups in total. The highest BCUT2D eigenvalue weighted by atomic mass is 16.5. The van der Waals surface area contributed by atoms with Crippen LogP contribution in [0.1, 0.15) is 24.8 Å². The van der Waals surface area contributed by atoms with Crippen LogP contribution >= 0.6 is 0 Å². The molecule has 2 rings (SSSR count). The van der Waals surface area contributed by atoms with E-state index >= 15 is 0 Å². The summed E-state index contributed by atoms with van der Waals surface area (Å²) in [6, 6.07) is 7.09. The molecule has 5 nitrogen and oxygen atoms in total. The average Bonchev–Trinajstić information content (AvgIpc) is 2.49. The van der Waals surface area contributed by atoms with Crippen molar-refractivity contribution in [2.45, 2.75) is 31.8 Å². The molecule has 1 aliphatic rings. The second-order valence-electron chi connectivity index (χ2n) is 5.13. The normalized spacial score (nSPS) is 18.4. The molecule has 0 bridgehead atoms. The molecular weight excluding hydrogens is 272 g/mol. The minimum absolute atomic E-state index is 0.0325. The van der Waals surface area contributed by atoms with Crippen molar-refractivity contribution in [2.24, 2.45) is 0 Å². The van der Waals surface area contributed by atoms with E-state index < -0.39 is 5.97 Å². The molecule has 1 atom stereocenters. The average molecular weight is 294 g/mol. The van der Waals surface area contributed by atoms with Gasteiger partial charge in [0.15, 0.2) is 0 Å². The Morgan fingerprint density at radius 3 is 2.71 bits per heavy atom. The quantitative estimate of drug-likeness (QED) is 0.745. The Hall–Kier alpha value is -1.59. The van der Waals surface area contributed by atoms with E-state index in [1.807, 2.05) is 0 Å². The maximum absolute atomic E-state index is 10.6. The number of benzene rings is 1. The van der Waals surface area contributed by atoms with Crippen LogP contribution in [0.15, 0.2) is 24.3 Å². The van der Waals surface area contributed by atoms with Crippen molar-refractivity contribution in [3.63, 3.8) is 0 Å². The summed E-state index contributed by atoms with van der Waals surface area (Å²) in [6.45, 7) is 2.47. The number of hydrogen-bond donors (Lipinski definition) is 1. The second kappa shape index (κ2) is 8.64. The molecule has 1 unspecified atom stereocenters. The molecule has 0 spiro atoms. The topological polar surface area (TPSA) is 65.0 Å². The Labute approximate surface area is 124 Å². The van der Waals surface area contributed by atoms with Crippen LogP contribution in [0.3, 0.4) is 0 Å². The van der Waals surface area contributed by atoms with Crippen LogP contribution in [0, 0.1) is 0 Å². The van der Waals surface area contributed by atoms with Crippen molar-refractivity contribution in [1.82, 2.24) is 0 Å². The van der Waals surface area contributed by atoms with E-state index in [2.05, 4.69) is 0 Å². The van der Waals surface area contributed by atoms with Gasteiger partial charge in [-0.3, -0.25) is 4.79 Å². The number of carboxylic acids is 1. The van der Waals surface area contributed by atoms with Crippen molar-refractivity contribution < 1.29 is 24.1 Å². The number of carbonyl (C=O) groups is 1. The van der Waals surface area contributed by atoms with E-state index in [9.17, 15) is 4.79 Å². The smallest absolute Gasteiger partial charge is 0.307 e. The first-order valence-electron chi connectivity index (χ1n) is 7.37. The number of rotatable bonds is 8. The maximum Gasteiger partial charge on any atom is 0.307 e. The Morgan fingerprint density at radius 2 is 2.05 bits per heavy atom. The van der Waals surface area contributed by atoms with Crippen LogP contribution in [0.4, 0.5) is 0 Å². The van der Waals surface area contributed by atoms with Gasteiger partial charge >= 0.3 is 5.97 Å². The lowest BCUT2D eigenvalue weighted by Crippen LogP contribution is -2.25. The number of ether oxygens (including phenoxy) is 3. The second-order valence-corrected chi connectivity index (χ2v) is 5.13. The number of carboxylic acid groups (broad SMARTS) is 1. The molecule has 1 fully saturated rings. The molecule has 1 aliphatic heterocycles. The lowest BCUT2D eigenvalue weighted by molar-refractivity contribution is -0.136. The first-order chi connectivity index (χ1) is 10.2. The largest absolute Gasteiger partial charge is 0.491 e. The highest BCUT2D eigenvalue weighted by molar-refractivity contribution is 5.70. The first kappa shape index (κ1) is 15.8. The predicted octanol–water partition coefficient (Wildman–Crippen LogP) is 2.28. The van der Waals surface area contributed by atoms with Crippen molar-refractivity contribution in [2.75, 3.05) is 26.4 Å². The summed E-state index contributed by atoms with van der Waals surface area (Å²) < 4.78 is 16.7. The van der Waals surface area contributed by atoms with Gasteiger partial charge in [-0.25, -0.2) is 0 Å². The van der Waals surface area contributed by atoms with Crippen molar-refractivity contribution in [1.29, 1.82) is 0 Å². The molecule has 1 aromatic rings. The van der Waals surface area contributed by atoms with Crippen LogP contribution in [-0.4, -0.2) is 43.6 Å². The third-order valence-corrected chi connectivity index (χ3v) is 3.35. The van der Waals surface area contributed by atoms with Gasteiger partial charge in [0.2, 0.25) is 0 Å². The lowest BCUT2D eigenvalue weighted by Gasteiger charge is -2.22. The molecule has 1 saturated heterocycles. The Morgan fingerprint density at radius 1 is 1.24 bits per heavy atom. The zero-order valence-electron chi connectivity index (χ0n) is 12.1. The van der Waals surface area contributed by atoms with Gasteiger partial charge in [-0.05, 0) is 37.0 Å². The molecule has 0 saturated carbocycles. The first-order valence-corrected chi connectivity index (χ1v) is 7.37. The van der Waals surface area contributed by atoms with Gasteiger partial charge in [-0.1, -0.05) is 12.1 Å². The van der Waals surface area contributed by atoms with Gasteiger partial charge < -0.3 is 19.3 Å². The molecule has 0 amide bonds. The fourth-order valence-electron chi connectivity index (χ4n) is 2.25. The molecule has 0 aromatic heterocycles. The Kier molecular flexibility index (Phi) is 6.50. The van der Waals surface area contributed by atoms with Gasteiger partial charge in [0.05, 0.1) is 25.7 Å². The summed E-state index contributed by atoms with van der Waals surface area (Å²) in [5.74, 6) is -0.108. The minimum Gasteiger partial charge on any atom is -0.491 e. The summed E-state index contributed by atoms with van der Waals surface area (Å²) in [7, 11) is 0. The Balaban J connectivity index is 1.58. The zero-order chi connectivity index (χ0) is 14.9. The molecule has 1 aromatic carbocycles. The van der Waals surface area contributed by atoms with Gasteiger partial charge in [-0.15, -0.1) is 0 Å². The van der Waals surface area contributed by atoms with Crippen LogP contribution in [-0.2, 0) is 20.7 Å². The van der Waals surface area contributed by atoms with Crippen LogP contribution in [0.2, 0.25) is 0 Å². The summed E-state index contributed by atoms with van der Waals surface area (Å²) in [5.41, 5.74) is 0.764. The Bertz CT molecular complexity index is 423. The van der Waals surface area contributed by atoms with Gasteiger partial charge in [-0.2, -0.15) is 0 Å².